The Morgan fingerprint density at radius 2 is 2.20 bits per heavy atom. The number of hydrogen-bond acceptors (Lipinski definition) is 5. The third kappa shape index (κ3) is 2.04. The molecule has 2 rings (SSSR count). The summed E-state index contributed by atoms with van der Waals surface area (Å²) in [5.41, 5.74) is 5.60. The third-order valence-electron chi connectivity index (χ3n) is 2.27. The zero-order chi connectivity index (χ0) is 10.7. The van der Waals surface area contributed by atoms with Crippen molar-refractivity contribution < 1.29 is 9.53 Å². The van der Waals surface area contributed by atoms with E-state index in [4.69, 9.17) is 10.5 Å². The first-order valence-electron chi connectivity index (χ1n) is 4.71. The van der Waals surface area contributed by atoms with Crippen LogP contribution in [0.5, 0.6) is 0 Å². The zero-order valence-electron chi connectivity index (χ0n) is 8.22. The fourth-order valence-corrected chi connectivity index (χ4v) is 1.52. The Balaban J connectivity index is 2.29. The molecule has 2 N–H and O–H groups in total. The number of amides is 1. The van der Waals surface area contributed by atoms with Crippen LogP contribution < -0.4 is 10.6 Å². The number of primary amides is 1. The number of carbonyl (C=O) groups excluding carboxylic acids is 1. The van der Waals surface area contributed by atoms with Crippen molar-refractivity contribution in [3.8, 4) is 0 Å². The molecule has 6 nitrogen and oxygen atoms in total. The van der Waals surface area contributed by atoms with Crippen molar-refractivity contribution in [2.75, 3.05) is 31.2 Å². The van der Waals surface area contributed by atoms with E-state index in [1.54, 1.807) is 0 Å². The first-order chi connectivity index (χ1) is 7.29. The van der Waals surface area contributed by atoms with E-state index in [1.165, 1.54) is 12.5 Å². The van der Waals surface area contributed by atoms with E-state index in [0.29, 0.717) is 24.6 Å². The lowest BCUT2D eigenvalue weighted by atomic mass is 10.2. The molecule has 1 aliphatic heterocycles. The van der Waals surface area contributed by atoms with E-state index >= 15 is 0 Å². The Hall–Kier alpha value is -1.69. The maximum atomic E-state index is 11.1. The van der Waals surface area contributed by atoms with Gasteiger partial charge in [0.2, 0.25) is 0 Å². The zero-order valence-corrected chi connectivity index (χ0v) is 8.22. The Labute approximate surface area is 87.1 Å². The number of nitrogens with zero attached hydrogens (tertiary/aromatic N) is 3. The molecule has 1 amide bonds. The molecule has 0 saturated carbocycles. The molecule has 1 aromatic heterocycles. The molecule has 6 heteroatoms. The van der Waals surface area contributed by atoms with E-state index in [1.807, 2.05) is 4.90 Å². The van der Waals surface area contributed by atoms with E-state index in [0.717, 1.165) is 13.1 Å². The Bertz CT molecular complexity index is 363. The lowest BCUT2D eigenvalue weighted by Gasteiger charge is -2.28. The summed E-state index contributed by atoms with van der Waals surface area (Å²) in [6.07, 6.45) is 2.86. The fraction of sp³-hybridized carbons (Fsp3) is 0.444. The summed E-state index contributed by atoms with van der Waals surface area (Å²) in [4.78, 5) is 21.0. The predicted octanol–water partition coefficient (Wildman–Crippen LogP) is -0.588. The number of aromatic nitrogens is 2. The molecule has 0 aliphatic carbocycles. The minimum Gasteiger partial charge on any atom is -0.378 e. The minimum absolute atomic E-state index is 0.361. The van der Waals surface area contributed by atoms with Crippen molar-refractivity contribution in [3.05, 3.63) is 18.1 Å². The first-order valence-corrected chi connectivity index (χ1v) is 4.71. The lowest BCUT2D eigenvalue weighted by Crippen LogP contribution is -2.38. The maximum Gasteiger partial charge on any atom is 0.254 e. The predicted molar refractivity (Wildman–Crippen MR) is 53.6 cm³/mol. The summed E-state index contributed by atoms with van der Waals surface area (Å²) < 4.78 is 5.22. The highest BCUT2D eigenvalue weighted by atomic mass is 16.5. The van der Waals surface area contributed by atoms with Gasteiger partial charge in [-0.3, -0.25) is 4.79 Å². The molecule has 2 heterocycles. The molecule has 0 aromatic carbocycles. The van der Waals surface area contributed by atoms with Gasteiger partial charge in [0.25, 0.3) is 5.91 Å². The summed E-state index contributed by atoms with van der Waals surface area (Å²) >= 11 is 0. The second-order valence-electron chi connectivity index (χ2n) is 3.22. The number of morpholine rings is 1. The topological polar surface area (TPSA) is 81.3 Å². The van der Waals surface area contributed by atoms with Crippen molar-refractivity contribution >= 4 is 11.7 Å². The van der Waals surface area contributed by atoms with Gasteiger partial charge in [-0.1, -0.05) is 0 Å². The van der Waals surface area contributed by atoms with Gasteiger partial charge in [-0.05, 0) is 0 Å². The Morgan fingerprint density at radius 1 is 1.47 bits per heavy atom. The van der Waals surface area contributed by atoms with Gasteiger partial charge in [0.05, 0.1) is 18.8 Å². The van der Waals surface area contributed by atoms with Crippen LogP contribution in [0.25, 0.3) is 0 Å². The van der Waals surface area contributed by atoms with Gasteiger partial charge in [0.15, 0.2) is 0 Å². The number of carbonyl (C=O) groups is 1. The van der Waals surface area contributed by atoms with Gasteiger partial charge in [0, 0.05) is 19.3 Å². The highest BCUT2D eigenvalue weighted by molar-refractivity contribution is 5.97. The van der Waals surface area contributed by atoms with Crippen LogP contribution in [-0.4, -0.2) is 42.2 Å². The standard InChI is InChI=1S/C9H12N4O2/c10-8(14)7-5-11-6-12-9(7)13-1-3-15-4-2-13/h5-6H,1-4H2,(H2,10,14). The maximum absolute atomic E-state index is 11.1. The summed E-state index contributed by atoms with van der Waals surface area (Å²) in [5.74, 6) is 0.0953. The average Bonchev–Trinajstić information content (AvgIpc) is 2.30. The van der Waals surface area contributed by atoms with E-state index in [-0.39, 0.29) is 0 Å². The van der Waals surface area contributed by atoms with Crippen LogP contribution in [0.4, 0.5) is 5.82 Å². The van der Waals surface area contributed by atoms with Gasteiger partial charge in [-0.15, -0.1) is 0 Å². The highest BCUT2D eigenvalue weighted by Crippen LogP contribution is 2.16. The first kappa shape index (κ1) is 9.85. The smallest absolute Gasteiger partial charge is 0.254 e. The van der Waals surface area contributed by atoms with Crippen LogP contribution in [0.15, 0.2) is 12.5 Å². The lowest BCUT2D eigenvalue weighted by molar-refractivity contribution is 0.0997. The van der Waals surface area contributed by atoms with Crippen LogP contribution in [0.1, 0.15) is 10.4 Å². The van der Waals surface area contributed by atoms with Gasteiger partial charge >= 0.3 is 0 Å². The average molecular weight is 208 g/mol. The summed E-state index contributed by atoms with van der Waals surface area (Å²) in [5, 5.41) is 0. The molecule has 1 fully saturated rings. The molecule has 0 atom stereocenters. The molecule has 1 aromatic rings. The van der Waals surface area contributed by atoms with Crippen LogP contribution >= 0.6 is 0 Å². The van der Waals surface area contributed by atoms with Gasteiger partial charge in [-0.2, -0.15) is 0 Å². The van der Waals surface area contributed by atoms with Gasteiger partial charge in [-0.25, -0.2) is 9.97 Å². The molecule has 0 spiro atoms. The van der Waals surface area contributed by atoms with Crippen molar-refractivity contribution in [2.45, 2.75) is 0 Å². The SMILES string of the molecule is NC(=O)c1cncnc1N1CCOCC1. The Kier molecular flexibility index (Phi) is 2.77. The fourth-order valence-electron chi connectivity index (χ4n) is 1.52. The number of nitrogens with two attached hydrogens (primary N) is 1. The molecule has 0 radical (unpaired) electrons. The van der Waals surface area contributed by atoms with Crippen LogP contribution in [0, 0.1) is 0 Å². The largest absolute Gasteiger partial charge is 0.378 e. The molecule has 80 valence electrons. The van der Waals surface area contributed by atoms with Crippen molar-refractivity contribution in [3.63, 3.8) is 0 Å². The quantitative estimate of drug-likeness (QED) is 0.702. The number of ether oxygens (including phenoxy) is 1. The number of rotatable bonds is 2. The monoisotopic (exact) mass is 208 g/mol. The molecular weight excluding hydrogens is 196 g/mol. The second kappa shape index (κ2) is 4.22. The van der Waals surface area contributed by atoms with Crippen molar-refractivity contribution in [2.24, 2.45) is 5.73 Å². The van der Waals surface area contributed by atoms with Crippen molar-refractivity contribution in [1.82, 2.24) is 9.97 Å². The van der Waals surface area contributed by atoms with Crippen molar-refractivity contribution in [1.29, 1.82) is 0 Å². The summed E-state index contributed by atoms with van der Waals surface area (Å²) in [7, 11) is 0. The third-order valence-corrected chi connectivity index (χ3v) is 2.27. The molecule has 15 heavy (non-hydrogen) atoms. The van der Waals surface area contributed by atoms with E-state index < -0.39 is 5.91 Å². The number of hydrogen-bond donors (Lipinski definition) is 1. The van der Waals surface area contributed by atoms with Crippen LogP contribution in [0.3, 0.4) is 0 Å². The second-order valence-corrected chi connectivity index (χ2v) is 3.22. The molecule has 1 aliphatic rings. The molecule has 0 bridgehead atoms. The minimum atomic E-state index is -0.503. The summed E-state index contributed by atoms with van der Waals surface area (Å²) in [6.45, 7) is 2.72. The molecule has 1 saturated heterocycles. The molecule has 0 unspecified atom stereocenters. The normalized spacial score (nSPS) is 16.4. The van der Waals surface area contributed by atoms with Crippen LogP contribution in [0.2, 0.25) is 0 Å². The summed E-state index contributed by atoms with van der Waals surface area (Å²) in [6, 6.07) is 0. The van der Waals surface area contributed by atoms with Crippen LogP contribution in [-0.2, 0) is 4.74 Å². The van der Waals surface area contributed by atoms with Gasteiger partial charge < -0.3 is 15.4 Å². The van der Waals surface area contributed by atoms with E-state index in [9.17, 15) is 4.79 Å². The Morgan fingerprint density at radius 3 is 2.87 bits per heavy atom. The van der Waals surface area contributed by atoms with Gasteiger partial charge in [0.1, 0.15) is 12.1 Å². The molecular formula is C9H12N4O2. The van der Waals surface area contributed by atoms with E-state index in [2.05, 4.69) is 9.97 Å². The number of anilines is 1. The highest BCUT2D eigenvalue weighted by Gasteiger charge is 2.18.